The average molecular weight is 280 g/mol. The molecule has 7 nitrogen and oxygen atoms in total. The molecule has 4 N–H and O–H groups in total. The summed E-state index contributed by atoms with van der Waals surface area (Å²) >= 11 is 0. The van der Waals surface area contributed by atoms with E-state index in [2.05, 4.69) is 14.3 Å². The fourth-order valence-corrected chi connectivity index (χ4v) is 3.28. The van der Waals surface area contributed by atoms with Crippen molar-refractivity contribution in [3.05, 3.63) is 0 Å². The Bertz CT molecular complexity index is 339. The first kappa shape index (κ1) is 15.8. The van der Waals surface area contributed by atoms with Crippen LogP contribution in [0.1, 0.15) is 12.8 Å². The van der Waals surface area contributed by atoms with Crippen molar-refractivity contribution in [3.8, 4) is 0 Å². The summed E-state index contributed by atoms with van der Waals surface area (Å²) < 4.78 is 33.7. The maximum atomic E-state index is 11.9. The Morgan fingerprint density at radius 1 is 1.39 bits per heavy atom. The monoisotopic (exact) mass is 280 g/mol. The van der Waals surface area contributed by atoms with Crippen molar-refractivity contribution in [1.82, 2.24) is 14.3 Å². The number of likely N-dealkylation sites (tertiary alicyclic amines) is 1. The largest absolute Gasteiger partial charge is 0.383 e. The molecule has 0 aromatic rings. The van der Waals surface area contributed by atoms with Crippen LogP contribution in [0.2, 0.25) is 0 Å². The van der Waals surface area contributed by atoms with E-state index in [0.717, 1.165) is 25.9 Å². The molecule has 0 atom stereocenters. The highest BCUT2D eigenvalue weighted by molar-refractivity contribution is 7.87. The molecule has 0 bridgehead atoms. The lowest BCUT2D eigenvalue weighted by atomic mass is 9.89. The molecule has 8 heteroatoms. The van der Waals surface area contributed by atoms with Gasteiger partial charge in [0.15, 0.2) is 0 Å². The highest BCUT2D eigenvalue weighted by Gasteiger charge is 2.35. The molecule has 1 saturated heterocycles. The van der Waals surface area contributed by atoms with Crippen LogP contribution in [0.4, 0.5) is 0 Å². The minimum Gasteiger partial charge on any atom is -0.383 e. The average Bonchev–Trinajstić information content (AvgIpc) is 2.32. The molecule has 0 aromatic heterocycles. The Morgan fingerprint density at radius 3 is 2.50 bits per heavy atom. The summed E-state index contributed by atoms with van der Waals surface area (Å²) in [6.45, 7) is 2.60. The number of methoxy groups -OCH3 is 1. The van der Waals surface area contributed by atoms with Gasteiger partial charge in [-0.1, -0.05) is 0 Å². The number of hydrogen-bond acceptors (Lipinski definition) is 5. The van der Waals surface area contributed by atoms with Gasteiger partial charge in [-0.2, -0.15) is 17.9 Å². The van der Waals surface area contributed by atoms with Crippen LogP contribution in [0.15, 0.2) is 0 Å². The second kappa shape index (κ2) is 6.78. The summed E-state index contributed by atoms with van der Waals surface area (Å²) in [7, 11) is 0.0275. The fourth-order valence-electron chi connectivity index (χ4n) is 1.99. The van der Waals surface area contributed by atoms with E-state index in [4.69, 9.17) is 10.5 Å². The van der Waals surface area contributed by atoms with E-state index in [1.165, 1.54) is 7.11 Å². The van der Waals surface area contributed by atoms with Crippen LogP contribution in [-0.2, 0) is 14.9 Å². The molecule has 0 amide bonds. The van der Waals surface area contributed by atoms with Gasteiger partial charge in [0, 0.05) is 25.7 Å². The van der Waals surface area contributed by atoms with Crippen molar-refractivity contribution in [2.45, 2.75) is 18.4 Å². The minimum absolute atomic E-state index is 0.256. The van der Waals surface area contributed by atoms with E-state index in [1.807, 2.05) is 7.05 Å². The van der Waals surface area contributed by atoms with Crippen molar-refractivity contribution < 1.29 is 13.2 Å². The standard InChI is InChI=1S/C10H24N4O3S/c1-14-6-3-10(9-11,4-7-14)13-18(15,16)12-5-8-17-2/h12-13H,3-9,11H2,1-2H3. The molecule has 0 unspecified atom stereocenters. The molecule has 0 radical (unpaired) electrons. The van der Waals surface area contributed by atoms with Crippen molar-refractivity contribution in [2.75, 3.05) is 46.9 Å². The number of hydrogen-bond donors (Lipinski definition) is 3. The fraction of sp³-hybridized carbons (Fsp3) is 1.00. The zero-order chi connectivity index (χ0) is 13.6. The van der Waals surface area contributed by atoms with Crippen molar-refractivity contribution in [3.63, 3.8) is 0 Å². The third kappa shape index (κ3) is 4.79. The van der Waals surface area contributed by atoms with Crippen LogP contribution in [0.5, 0.6) is 0 Å². The van der Waals surface area contributed by atoms with Gasteiger partial charge in [-0.25, -0.2) is 0 Å². The number of piperidine rings is 1. The van der Waals surface area contributed by atoms with E-state index < -0.39 is 15.7 Å². The van der Waals surface area contributed by atoms with Gasteiger partial charge in [-0.15, -0.1) is 0 Å². The van der Waals surface area contributed by atoms with Crippen LogP contribution in [0, 0.1) is 0 Å². The molecule has 108 valence electrons. The summed E-state index contributed by atoms with van der Waals surface area (Å²) in [5, 5.41) is 0. The second-order valence-electron chi connectivity index (χ2n) is 4.78. The number of rotatable bonds is 7. The highest BCUT2D eigenvalue weighted by atomic mass is 32.2. The zero-order valence-corrected chi connectivity index (χ0v) is 11.9. The van der Waals surface area contributed by atoms with Crippen molar-refractivity contribution in [2.24, 2.45) is 5.73 Å². The Balaban J connectivity index is 2.56. The first-order chi connectivity index (χ1) is 8.43. The molecule has 18 heavy (non-hydrogen) atoms. The lowest BCUT2D eigenvalue weighted by Gasteiger charge is -2.40. The van der Waals surface area contributed by atoms with Crippen LogP contribution in [0.25, 0.3) is 0 Å². The van der Waals surface area contributed by atoms with E-state index in [1.54, 1.807) is 0 Å². The summed E-state index contributed by atoms with van der Waals surface area (Å²) in [4.78, 5) is 2.17. The molecular weight excluding hydrogens is 256 g/mol. The maximum Gasteiger partial charge on any atom is 0.277 e. The van der Waals surface area contributed by atoms with Gasteiger partial charge in [0.1, 0.15) is 0 Å². The van der Waals surface area contributed by atoms with Crippen LogP contribution >= 0.6 is 0 Å². The smallest absolute Gasteiger partial charge is 0.277 e. The molecule has 0 saturated carbocycles. The van der Waals surface area contributed by atoms with Crippen LogP contribution in [0.3, 0.4) is 0 Å². The third-order valence-electron chi connectivity index (χ3n) is 3.28. The van der Waals surface area contributed by atoms with E-state index in [9.17, 15) is 8.42 Å². The van der Waals surface area contributed by atoms with Crippen LogP contribution in [-0.4, -0.2) is 65.8 Å². The van der Waals surface area contributed by atoms with Gasteiger partial charge in [0.05, 0.1) is 6.61 Å². The van der Waals surface area contributed by atoms with Gasteiger partial charge < -0.3 is 15.4 Å². The number of nitrogens with one attached hydrogen (secondary N) is 2. The summed E-state index contributed by atoms with van der Waals surface area (Å²) in [6.07, 6.45) is 1.45. The number of nitrogens with zero attached hydrogens (tertiary/aromatic N) is 1. The lowest BCUT2D eigenvalue weighted by Crippen LogP contribution is -2.60. The Morgan fingerprint density at radius 2 is 2.00 bits per heavy atom. The van der Waals surface area contributed by atoms with Gasteiger partial charge >= 0.3 is 0 Å². The molecule has 0 aromatic carbocycles. The van der Waals surface area contributed by atoms with Crippen LogP contribution < -0.4 is 15.2 Å². The highest BCUT2D eigenvalue weighted by Crippen LogP contribution is 2.21. The first-order valence-corrected chi connectivity index (χ1v) is 7.57. The quantitative estimate of drug-likeness (QED) is 0.492. The van der Waals surface area contributed by atoms with E-state index >= 15 is 0 Å². The van der Waals surface area contributed by atoms with Gasteiger partial charge in [-0.3, -0.25) is 0 Å². The molecule has 1 aliphatic rings. The topological polar surface area (TPSA) is 96.7 Å². The van der Waals surface area contributed by atoms with Crippen molar-refractivity contribution in [1.29, 1.82) is 0 Å². The van der Waals surface area contributed by atoms with E-state index in [0.29, 0.717) is 13.2 Å². The Hall–Kier alpha value is -0.250. The number of nitrogens with two attached hydrogens (primary N) is 1. The van der Waals surface area contributed by atoms with Gasteiger partial charge in [-0.05, 0) is 33.0 Å². The first-order valence-electron chi connectivity index (χ1n) is 6.09. The number of ether oxygens (including phenoxy) is 1. The Labute approximate surface area is 109 Å². The summed E-state index contributed by atoms with van der Waals surface area (Å²) in [5.74, 6) is 0. The zero-order valence-electron chi connectivity index (χ0n) is 11.1. The molecule has 0 spiro atoms. The maximum absolute atomic E-state index is 11.9. The van der Waals surface area contributed by atoms with Gasteiger partial charge in [0.25, 0.3) is 10.2 Å². The second-order valence-corrected chi connectivity index (χ2v) is 6.28. The third-order valence-corrected chi connectivity index (χ3v) is 4.57. The molecule has 1 heterocycles. The van der Waals surface area contributed by atoms with E-state index in [-0.39, 0.29) is 6.54 Å². The molecular formula is C10H24N4O3S. The molecule has 1 fully saturated rings. The molecule has 1 rings (SSSR count). The summed E-state index contributed by atoms with van der Waals surface area (Å²) in [5.41, 5.74) is 5.23. The minimum atomic E-state index is -3.52. The van der Waals surface area contributed by atoms with Crippen molar-refractivity contribution >= 4 is 10.2 Å². The van der Waals surface area contributed by atoms with Gasteiger partial charge in [0.2, 0.25) is 0 Å². The summed E-state index contributed by atoms with van der Waals surface area (Å²) in [6, 6.07) is 0. The normalized spacial score (nSPS) is 21.1. The lowest BCUT2D eigenvalue weighted by molar-refractivity contribution is 0.180. The predicted molar refractivity (Wildman–Crippen MR) is 70.5 cm³/mol. The SMILES string of the molecule is COCCNS(=O)(=O)NC1(CN)CCN(C)CC1. The Kier molecular flexibility index (Phi) is 5.96. The molecule has 1 aliphatic heterocycles. The predicted octanol–water partition coefficient (Wildman–Crippen LogP) is -1.52. The molecule has 0 aliphatic carbocycles.